The molecule has 0 aliphatic carbocycles. The minimum atomic E-state index is -3.84. The molecule has 2 N–H and O–H groups in total. The molecule has 1 aromatic rings. The van der Waals surface area contributed by atoms with E-state index in [2.05, 4.69) is 4.72 Å². The Morgan fingerprint density at radius 3 is 2.19 bits per heavy atom. The number of carboxylic acids is 1. The Morgan fingerprint density at radius 1 is 1.24 bits per heavy atom. The lowest BCUT2D eigenvalue weighted by atomic mass is 10.1. The summed E-state index contributed by atoms with van der Waals surface area (Å²) in [6, 6.07) is 2.47. The van der Waals surface area contributed by atoms with Gasteiger partial charge in [0.15, 0.2) is 0 Å². The van der Waals surface area contributed by atoms with E-state index in [4.69, 9.17) is 5.11 Å². The van der Waals surface area contributed by atoms with Gasteiger partial charge in [0.25, 0.3) is 0 Å². The van der Waals surface area contributed by atoms with Crippen molar-refractivity contribution in [3.63, 3.8) is 0 Å². The molecule has 0 aliphatic heterocycles. The van der Waals surface area contributed by atoms with Gasteiger partial charge in [0.2, 0.25) is 10.0 Å². The van der Waals surface area contributed by atoms with E-state index in [0.717, 1.165) is 12.0 Å². The fourth-order valence-corrected chi connectivity index (χ4v) is 4.15. The van der Waals surface area contributed by atoms with Crippen molar-refractivity contribution in [3.05, 3.63) is 28.8 Å². The molecular formula is C15H23NO4S. The average Bonchev–Trinajstić information content (AvgIpc) is 2.32. The Balaban J connectivity index is 3.14. The molecule has 5 nitrogen and oxygen atoms in total. The van der Waals surface area contributed by atoms with Crippen molar-refractivity contribution >= 4 is 16.0 Å². The van der Waals surface area contributed by atoms with Crippen molar-refractivity contribution in [3.8, 4) is 0 Å². The first-order chi connectivity index (χ1) is 9.69. The highest BCUT2D eigenvalue weighted by Crippen LogP contribution is 2.22. The maximum absolute atomic E-state index is 12.5. The molecule has 1 rings (SSSR count). The number of aliphatic carboxylic acids is 1. The third-order valence-corrected chi connectivity index (χ3v) is 5.09. The number of nitrogens with one attached hydrogen (secondary N) is 1. The first-order valence-electron chi connectivity index (χ1n) is 7.02. The molecule has 6 heteroatoms. The predicted molar refractivity (Wildman–Crippen MR) is 81.9 cm³/mol. The third-order valence-electron chi connectivity index (χ3n) is 3.32. The highest BCUT2D eigenvalue weighted by molar-refractivity contribution is 7.89. The molecule has 0 amide bonds. The SMILES string of the molecule is CCCC[C@H](NS(=O)(=O)c1c(C)cc(C)cc1C)C(=O)O. The number of carbonyl (C=O) groups is 1. The van der Waals surface area contributed by atoms with Crippen LogP contribution in [0.4, 0.5) is 0 Å². The van der Waals surface area contributed by atoms with Gasteiger partial charge in [-0.1, -0.05) is 37.5 Å². The maximum Gasteiger partial charge on any atom is 0.321 e. The first-order valence-corrected chi connectivity index (χ1v) is 8.50. The molecule has 21 heavy (non-hydrogen) atoms. The van der Waals surface area contributed by atoms with Gasteiger partial charge in [0.05, 0.1) is 4.90 Å². The predicted octanol–water partition coefficient (Wildman–Crippen LogP) is 2.53. The second-order valence-corrected chi connectivity index (χ2v) is 7.03. The van der Waals surface area contributed by atoms with E-state index in [1.54, 1.807) is 26.0 Å². The van der Waals surface area contributed by atoms with Crippen LogP contribution < -0.4 is 4.72 Å². The molecule has 0 spiro atoms. The average molecular weight is 313 g/mol. The zero-order chi connectivity index (χ0) is 16.2. The minimum absolute atomic E-state index is 0.177. The lowest BCUT2D eigenvalue weighted by Gasteiger charge is -2.17. The maximum atomic E-state index is 12.5. The quantitative estimate of drug-likeness (QED) is 0.810. The van der Waals surface area contributed by atoms with Crippen LogP contribution in [-0.2, 0) is 14.8 Å². The standard InChI is InChI=1S/C15H23NO4S/c1-5-6-7-13(15(17)18)16-21(19,20)14-11(3)8-10(2)9-12(14)4/h8-9,13,16H,5-7H2,1-4H3,(H,17,18)/t13-/m0/s1. The molecule has 118 valence electrons. The number of rotatable bonds is 7. The monoisotopic (exact) mass is 313 g/mol. The molecule has 0 bridgehead atoms. The summed E-state index contributed by atoms with van der Waals surface area (Å²) in [6.07, 6.45) is 1.76. The van der Waals surface area contributed by atoms with Gasteiger partial charge in [-0.05, 0) is 38.3 Å². The Bertz CT molecular complexity index is 600. The number of carboxylic acid groups (broad SMARTS) is 1. The van der Waals surface area contributed by atoms with E-state index < -0.39 is 22.0 Å². The van der Waals surface area contributed by atoms with Crippen molar-refractivity contribution in [2.45, 2.75) is 57.9 Å². The molecule has 0 radical (unpaired) electrons. The summed E-state index contributed by atoms with van der Waals surface area (Å²) >= 11 is 0. The van der Waals surface area contributed by atoms with E-state index in [9.17, 15) is 13.2 Å². The van der Waals surface area contributed by atoms with Crippen molar-refractivity contribution < 1.29 is 18.3 Å². The topological polar surface area (TPSA) is 83.5 Å². The number of hydrogen-bond acceptors (Lipinski definition) is 3. The van der Waals surface area contributed by atoms with Crippen LogP contribution in [0.25, 0.3) is 0 Å². The summed E-state index contributed by atoms with van der Waals surface area (Å²) in [4.78, 5) is 11.4. The van der Waals surface area contributed by atoms with Crippen LogP contribution in [0, 0.1) is 20.8 Å². The Labute approximate surface area is 126 Å². The molecule has 1 aromatic carbocycles. The van der Waals surface area contributed by atoms with Crippen molar-refractivity contribution in [1.29, 1.82) is 0 Å². The van der Waals surface area contributed by atoms with Gasteiger partial charge in [-0.25, -0.2) is 8.42 Å². The second-order valence-electron chi connectivity index (χ2n) is 5.38. The largest absolute Gasteiger partial charge is 0.480 e. The number of unbranched alkanes of at least 4 members (excludes halogenated alkanes) is 1. The highest BCUT2D eigenvalue weighted by atomic mass is 32.2. The van der Waals surface area contributed by atoms with Crippen LogP contribution in [0.2, 0.25) is 0 Å². The summed E-state index contributed by atoms with van der Waals surface area (Å²) in [5.41, 5.74) is 2.23. The van der Waals surface area contributed by atoms with E-state index in [0.29, 0.717) is 17.5 Å². The third kappa shape index (κ3) is 4.54. The van der Waals surface area contributed by atoms with Crippen LogP contribution in [0.3, 0.4) is 0 Å². The first kappa shape index (κ1) is 17.7. The van der Waals surface area contributed by atoms with Gasteiger partial charge in [-0.3, -0.25) is 4.79 Å². The second kappa shape index (κ2) is 7.04. The normalized spacial score (nSPS) is 13.1. The molecule has 0 heterocycles. The van der Waals surface area contributed by atoms with E-state index >= 15 is 0 Å². The number of benzene rings is 1. The number of aryl methyl sites for hydroxylation is 3. The molecule has 0 unspecified atom stereocenters. The van der Waals surface area contributed by atoms with E-state index in [1.165, 1.54) is 0 Å². The van der Waals surface area contributed by atoms with E-state index in [-0.39, 0.29) is 11.3 Å². The highest BCUT2D eigenvalue weighted by Gasteiger charge is 2.27. The Morgan fingerprint density at radius 2 is 1.76 bits per heavy atom. The van der Waals surface area contributed by atoms with Crippen LogP contribution in [-0.4, -0.2) is 25.5 Å². The summed E-state index contributed by atoms with van der Waals surface area (Å²) in [6.45, 7) is 7.26. The Hall–Kier alpha value is -1.40. The zero-order valence-electron chi connectivity index (χ0n) is 12.9. The van der Waals surface area contributed by atoms with Gasteiger partial charge in [0.1, 0.15) is 6.04 Å². The molecule has 0 aromatic heterocycles. The zero-order valence-corrected chi connectivity index (χ0v) is 13.8. The van der Waals surface area contributed by atoms with Crippen molar-refractivity contribution in [2.24, 2.45) is 0 Å². The van der Waals surface area contributed by atoms with Gasteiger partial charge in [-0.2, -0.15) is 4.72 Å². The van der Waals surface area contributed by atoms with E-state index in [1.807, 2.05) is 13.8 Å². The minimum Gasteiger partial charge on any atom is -0.480 e. The summed E-state index contributed by atoms with van der Waals surface area (Å²) in [5, 5.41) is 9.17. The summed E-state index contributed by atoms with van der Waals surface area (Å²) in [7, 11) is -3.84. The molecule has 1 atom stereocenters. The number of sulfonamides is 1. The molecule has 0 saturated carbocycles. The molecule has 0 saturated heterocycles. The fraction of sp³-hybridized carbons (Fsp3) is 0.533. The smallest absolute Gasteiger partial charge is 0.321 e. The lowest BCUT2D eigenvalue weighted by molar-refractivity contribution is -0.139. The summed E-state index contributed by atoms with van der Waals surface area (Å²) in [5.74, 6) is -1.14. The van der Waals surface area contributed by atoms with Gasteiger partial charge in [-0.15, -0.1) is 0 Å². The van der Waals surface area contributed by atoms with Crippen molar-refractivity contribution in [1.82, 2.24) is 4.72 Å². The molecule has 0 aliphatic rings. The fourth-order valence-electron chi connectivity index (χ4n) is 2.48. The summed E-state index contributed by atoms with van der Waals surface area (Å²) < 4.78 is 27.3. The molecular weight excluding hydrogens is 290 g/mol. The van der Waals surface area contributed by atoms with Gasteiger partial charge < -0.3 is 5.11 Å². The van der Waals surface area contributed by atoms with Gasteiger partial charge in [0, 0.05) is 0 Å². The number of hydrogen-bond donors (Lipinski definition) is 2. The van der Waals surface area contributed by atoms with Gasteiger partial charge >= 0.3 is 5.97 Å². The van der Waals surface area contributed by atoms with Crippen LogP contribution in [0.1, 0.15) is 42.9 Å². The Kier molecular flexibility index (Phi) is 5.92. The van der Waals surface area contributed by atoms with Crippen LogP contribution in [0.5, 0.6) is 0 Å². The van der Waals surface area contributed by atoms with Crippen LogP contribution >= 0.6 is 0 Å². The molecule has 0 fully saturated rings. The lowest BCUT2D eigenvalue weighted by Crippen LogP contribution is -2.41. The van der Waals surface area contributed by atoms with Crippen molar-refractivity contribution in [2.75, 3.05) is 0 Å². The van der Waals surface area contributed by atoms with Crippen LogP contribution in [0.15, 0.2) is 17.0 Å².